The van der Waals surface area contributed by atoms with E-state index >= 15 is 0 Å². The van der Waals surface area contributed by atoms with Crippen molar-refractivity contribution in [1.82, 2.24) is 0 Å². The Balaban J connectivity index is 2.63. The van der Waals surface area contributed by atoms with Crippen molar-refractivity contribution < 1.29 is 14.3 Å². The van der Waals surface area contributed by atoms with Crippen LogP contribution in [0.15, 0.2) is 12.1 Å². The van der Waals surface area contributed by atoms with Gasteiger partial charge in [-0.3, -0.25) is 4.79 Å². The first-order chi connectivity index (χ1) is 8.88. The van der Waals surface area contributed by atoms with E-state index in [9.17, 15) is 14.3 Å². The molecule has 104 valence electrons. The Kier molecular flexibility index (Phi) is 3.86. The standard InChI is InChI=1S/C15H18ClFO2/c1-9(2)10-7-11(13(17)12(16)8-10)15(14(18)19)5-3-4-6-15/h7-9H,3-6H2,1-2H3,(H,18,19). The number of carboxylic acid groups (broad SMARTS) is 1. The fourth-order valence-electron chi connectivity index (χ4n) is 2.87. The van der Waals surface area contributed by atoms with E-state index in [1.54, 1.807) is 12.1 Å². The number of hydrogen-bond donors (Lipinski definition) is 1. The maximum Gasteiger partial charge on any atom is 0.314 e. The van der Waals surface area contributed by atoms with Crippen LogP contribution in [0.25, 0.3) is 0 Å². The average Bonchev–Trinajstić information content (AvgIpc) is 2.82. The Morgan fingerprint density at radius 1 is 1.37 bits per heavy atom. The molecule has 4 heteroatoms. The molecule has 0 unspecified atom stereocenters. The molecule has 0 radical (unpaired) electrons. The summed E-state index contributed by atoms with van der Waals surface area (Å²) in [5, 5.41) is 9.57. The molecule has 0 amide bonds. The van der Waals surface area contributed by atoms with E-state index in [4.69, 9.17) is 11.6 Å². The van der Waals surface area contributed by atoms with Crippen LogP contribution in [0, 0.1) is 5.82 Å². The normalized spacial score (nSPS) is 17.9. The Hall–Kier alpha value is -1.09. The number of halogens is 2. The summed E-state index contributed by atoms with van der Waals surface area (Å²) in [6.45, 7) is 3.96. The van der Waals surface area contributed by atoms with Gasteiger partial charge in [-0.2, -0.15) is 0 Å². The number of aliphatic carboxylic acids is 1. The third-order valence-electron chi connectivity index (χ3n) is 4.10. The quantitative estimate of drug-likeness (QED) is 0.887. The monoisotopic (exact) mass is 284 g/mol. The van der Waals surface area contributed by atoms with E-state index in [1.807, 2.05) is 13.8 Å². The van der Waals surface area contributed by atoms with Gasteiger partial charge in [0.1, 0.15) is 5.82 Å². The summed E-state index contributed by atoms with van der Waals surface area (Å²) in [4.78, 5) is 11.7. The molecule has 0 bridgehead atoms. The van der Waals surface area contributed by atoms with Crippen LogP contribution in [0.4, 0.5) is 4.39 Å². The Labute approximate surface area is 117 Å². The molecule has 1 aliphatic rings. The van der Waals surface area contributed by atoms with Crippen molar-refractivity contribution in [3.05, 3.63) is 34.1 Å². The summed E-state index contributed by atoms with van der Waals surface area (Å²) in [6.07, 6.45) is 2.60. The smallest absolute Gasteiger partial charge is 0.314 e. The van der Waals surface area contributed by atoms with Gasteiger partial charge in [0.25, 0.3) is 0 Å². The second-order valence-electron chi connectivity index (χ2n) is 5.61. The Morgan fingerprint density at radius 3 is 2.42 bits per heavy atom. The number of rotatable bonds is 3. The molecule has 1 aromatic carbocycles. The third kappa shape index (κ3) is 2.36. The Morgan fingerprint density at radius 2 is 1.95 bits per heavy atom. The maximum absolute atomic E-state index is 14.3. The molecule has 0 spiro atoms. The number of hydrogen-bond acceptors (Lipinski definition) is 1. The van der Waals surface area contributed by atoms with Gasteiger partial charge in [0, 0.05) is 5.56 Å². The summed E-state index contributed by atoms with van der Waals surface area (Å²) in [7, 11) is 0. The lowest BCUT2D eigenvalue weighted by Gasteiger charge is -2.26. The molecule has 0 aromatic heterocycles. The lowest BCUT2D eigenvalue weighted by atomic mass is 9.77. The predicted molar refractivity (Wildman–Crippen MR) is 73.3 cm³/mol. The molecular formula is C15H18ClFO2. The zero-order valence-corrected chi connectivity index (χ0v) is 11.9. The SMILES string of the molecule is CC(C)c1cc(Cl)c(F)c(C2(C(=O)O)CCCC2)c1. The molecule has 1 fully saturated rings. The highest BCUT2D eigenvalue weighted by Gasteiger charge is 2.45. The largest absolute Gasteiger partial charge is 0.481 e. The van der Waals surface area contributed by atoms with Gasteiger partial charge >= 0.3 is 5.97 Å². The molecule has 1 aromatic rings. The second kappa shape index (κ2) is 5.12. The third-order valence-corrected chi connectivity index (χ3v) is 4.37. The average molecular weight is 285 g/mol. The van der Waals surface area contributed by atoms with E-state index in [0.29, 0.717) is 12.8 Å². The van der Waals surface area contributed by atoms with E-state index in [1.165, 1.54) is 0 Å². The topological polar surface area (TPSA) is 37.3 Å². The van der Waals surface area contributed by atoms with Crippen molar-refractivity contribution in [2.24, 2.45) is 0 Å². The van der Waals surface area contributed by atoms with Gasteiger partial charge < -0.3 is 5.11 Å². The van der Waals surface area contributed by atoms with Gasteiger partial charge in [0.2, 0.25) is 0 Å². The summed E-state index contributed by atoms with van der Waals surface area (Å²) >= 11 is 5.94. The molecule has 19 heavy (non-hydrogen) atoms. The maximum atomic E-state index is 14.3. The molecule has 2 rings (SSSR count). The predicted octanol–water partition coefficient (Wildman–Crippen LogP) is 4.50. The van der Waals surface area contributed by atoms with E-state index < -0.39 is 17.2 Å². The molecule has 1 aliphatic carbocycles. The van der Waals surface area contributed by atoms with Crippen molar-refractivity contribution in [3.8, 4) is 0 Å². The van der Waals surface area contributed by atoms with Crippen molar-refractivity contribution >= 4 is 17.6 Å². The van der Waals surface area contributed by atoms with Crippen LogP contribution < -0.4 is 0 Å². The van der Waals surface area contributed by atoms with Crippen molar-refractivity contribution in [3.63, 3.8) is 0 Å². The van der Waals surface area contributed by atoms with Crippen molar-refractivity contribution in [1.29, 1.82) is 0 Å². The highest BCUT2D eigenvalue weighted by atomic mass is 35.5. The van der Waals surface area contributed by atoms with Crippen molar-refractivity contribution in [2.45, 2.75) is 50.9 Å². The summed E-state index contributed by atoms with van der Waals surface area (Å²) in [5.74, 6) is -1.33. The first-order valence-electron chi connectivity index (χ1n) is 6.61. The van der Waals surface area contributed by atoms with Gasteiger partial charge in [-0.1, -0.05) is 44.4 Å². The summed E-state index contributed by atoms with van der Waals surface area (Å²) < 4.78 is 14.3. The minimum atomic E-state index is -1.10. The zero-order chi connectivity index (χ0) is 14.2. The number of carboxylic acids is 1. The molecular weight excluding hydrogens is 267 g/mol. The highest BCUT2D eigenvalue weighted by molar-refractivity contribution is 6.31. The molecule has 2 nitrogen and oxygen atoms in total. The lowest BCUT2D eigenvalue weighted by Crippen LogP contribution is -2.34. The van der Waals surface area contributed by atoms with Gasteiger partial charge in [0.05, 0.1) is 10.4 Å². The number of benzene rings is 1. The Bertz CT molecular complexity index is 505. The molecule has 0 saturated heterocycles. The highest BCUT2D eigenvalue weighted by Crippen LogP contribution is 2.44. The lowest BCUT2D eigenvalue weighted by molar-refractivity contribution is -0.143. The van der Waals surface area contributed by atoms with Crippen LogP contribution in [0.2, 0.25) is 5.02 Å². The van der Waals surface area contributed by atoms with Gasteiger partial charge in [-0.25, -0.2) is 4.39 Å². The van der Waals surface area contributed by atoms with Crippen LogP contribution >= 0.6 is 11.6 Å². The minimum absolute atomic E-state index is 0.0220. The second-order valence-corrected chi connectivity index (χ2v) is 6.02. The molecule has 0 heterocycles. The first-order valence-corrected chi connectivity index (χ1v) is 6.99. The van der Waals surface area contributed by atoms with Gasteiger partial charge in [0.15, 0.2) is 0 Å². The van der Waals surface area contributed by atoms with Crippen LogP contribution in [-0.4, -0.2) is 11.1 Å². The molecule has 0 aliphatic heterocycles. The van der Waals surface area contributed by atoms with Crippen molar-refractivity contribution in [2.75, 3.05) is 0 Å². The van der Waals surface area contributed by atoms with Gasteiger partial charge in [-0.05, 0) is 30.4 Å². The minimum Gasteiger partial charge on any atom is -0.481 e. The van der Waals surface area contributed by atoms with Crippen LogP contribution in [-0.2, 0) is 10.2 Å². The van der Waals surface area contributed by atoms with E-state index in [2.05, 4.69) is 0 Å². The molecule has 0 atom stereocenters. The van der Waals surface area contributed by atoms with Crippen LogP contribution in [0.3, 0.4) is 0 Å². The van der Waals surface area contributed by atoms with Crippen LogP contribution in [0.1, 0.15) is 56.6 Å². The van der Waals surface area contributed by atoms with E-state index in [0.717, 1.165) is 18.4 Å². The molecule has 1 saturated carbocycles. The number of carbonyl (C=O) groups is 1. The van der Waals surface area contributed by atoms with Gasteiger partial charge in [-0.15, -0.1) is 0 Å². The fraction of sp³-hybridized carbons (Fsp3) is 0.533. The first kappa shape index (κ1) is 14.3. The molecule has 1 N–H and O–H groups in total. The zero-order valence-electron chi connectivity index (χ0n) is 11.2. The van der Waals surface area contributed by atoms with Crippen LogP contribution in [0.5, 0.6) is 0 Å². The fourth-order valence-corrected chi connectivity index (χ4v) is 3.10. The summed E-state index contributed by atoms with van der Waals surface area (Å²) in [6, 6.07) is 3.28. The van der Waals surface area contributed by atoms with E-state index in [-0.39, 0.29) is 16.5 Å². The summed E-state index contributed by atoms with van der Waals surface area (Å²) in [5.41, 5.74) is 0.0427.